The molecule has 6 nitrogen and oxygen atoms in total. The molecule has 2 aromatic carbocycles. The van der Waals surface area contributed by atoms with Crippen molar-refractivity contribution >= 4 is 37.5 Å². The van der Waals surface area contributed by atoms with E-state index in [-0.39, 0.29) is 10.8 Å². The predicted octanol–water partition coefficient (Wildman–Crippen LogP) is 3.88. The van der Waals surface area contributed by atoms with Crippen molar-refractivity contribution in [3.05, 3.63) is 52.5 Å². The molecule has 0 spiro atoms. The number of halogens is 1. The summed E-state index contributed by atoms with van der Waals surface area (Å²) in [6.45, 7) is 1.07. The van der Waals surface area contributed by atoms with E-state index in [1.807, 2.05) is 6.07 Å². The van der Waals surface area contributed by atoms with Crippen LogP contribution < -0.4 is 10.1 Å². The summed E-state index contributed by atoms with van der Waals surface area (Å²) in [5.74, 6) is -0.00216. The zero-order valence-electron chi connectivity index (χ0n) is 14.9. The van der Waals surface area contributed by atoms with Crippen LogP contribution in [0.1, 0.15) is 29.6 Å². The second kappa shape index (κ2) is 8.41. The largest absolute Gasteiger partial charge is 0.495 e. The van der Waals surface area contributed by atoms with Crippen LogP contribution in [0.25, 0.3) is 0 Å². The lowest BCUT2D eigenvalue weighted by atomic mass is 10.2. The third-order valence-corrected chi connectivity index (χ3v) is 6.85. The number of hydrogen-bond acceptors (Lipinski definition) is 4. The molecule has 2 aromatic rings. The Morgan fingerprint density at radius 1 is 1.11 bits per heavy atom. The van der Waals surface area contributed by atoms with Crippen LogP contribution in [0.5, 0.6) is 5.75 Å². The molecule has 144 valence electrons. The average molecular weight is 453 g/mol. The number of anilines is 1. The average Bonchev–Trinajstić information content (AvgIpc) is 2.68. The van der Waals surface area contributed by atoms with Crippen molar-refractivity contribution in [1.29, 1.82) is 0 Å². The zero-order chi connectivity index (χ0) is 19.4. The van der Waals surface area contributed by atoms with Gasteiger partial charge in [0.2, 0.25) is 10.0 Å². The fourth-order valence-electron chi connectivity index (χ4n) is 3.01. The van der Waals surface area contributed by atoms with Crippen LogP contribution >= 0.6 is 15.9 Å². The Hall–Kier alpha value is -1.90. The number of methoxy groups -OCH3 is 1. The number of sulfonamides is 1. The van der Waals surface area contributed by atoms with Gasteiger partial charge in [-0.2, -0.15) is 4.31 Å². The smallest absolute Gasteiger partial charge is 0.255 e. The number of amides is 1. The number of hydrogen-bond donors (Lipinski definition) is 1. The maximum Gasteiger partial charge on any atom is 0.255 e. The van der Waals surface area contributed by atoms with E-state index in [4.69, 9.17) is 4.74 Å². The van der Waals surface area contributed by atoms with Gasteiger partial charge in [0, 0.05) is 29.2 Å². The molecule has 0 aromatic heterocycles. The molecule has 1 amide bonds. The molecular weight excluding hydrogens is 432 g/mol. The number of nitrogens with zero attached hydrogens (tertiary/aromatic N) is 1. The van der Waals surface area contributed by atoms with E-state index in [0.29, 0.717) is 30.1 Å². The van der Waals surface area contributed by atoms with Crippen LogP contribution in [-0.4, -0.2) is 38.8 Å². The minimum Gasteiger partial charge on any atom is -0.495 e. The van der Waals surface area contributed by atoms with Gasteiger partial charge in [-0.05, 0) is 43.2 Å². The highest BCUT2D eigenvalue weighted by molar-refractivity contribution is 9.10. The van der Waals surface area contributed by atoms with Crippen molar-refractivity contribution in [2.24, 2.45) is 0 Å². The number of ether oxygens (including phenoxy) is 1. The highest BCUT2D eigenvalue weighted by Gasteiger charge is 2.27. The van der Waals surface area contributed by atoms with Gasteiger partial charge in [0.1, 0.15) is 5.75 Å². The summed E-state index contributed by atoms with van der Waals surface area (Å²) in [4.78, 5) is 12.6. The molecule has 0 aliphatic carbocycles. The predicted molar refractivity (Wildman–Crippen MR) is 108 cm³/mol. The normalized spacial score (nSPS) is 15.3. The van der Waals surface area contributed by atoms with Crippen molar-refractivity contribution in [1.82, 2.24) is 4.31 Å². The van der Waals surface area contributed by atoms with Gasteiger partial charge in [-0.15, -0.1) is 0 Å². The Labute approximate surface area is 167 Å². The van der Waals surface area contributed by atoms with Gasteiger partial charge in [-0.1, -0.05) is 28.4 Å². The van der Waals surface area contributed by atoms with E-state index in [9.17, 15) is 13.2 Å². The van der Waals surface area contributed by atoms with Crippen LogP contribution in [0.2, 0.25) is 0 Å². The summed E-state index contributed by atoms with van der Waals surface area (Å²) >= 11 is 3.34. The first kappa shape index (κ1) is 19.9. The SMILES string of the molecule is COc1cc(S(=O)(=O)N2CCCCC2)ccc1NC(=O)c1cccc(Br)c1. The first-order valence-corrected chi connectivity index (χ1v) is 10.9. The number of piperidine rings is 1. The monoisotopic (exact) mass is 452 g/mol. The first-order chi connectivity index (χ1) is 12.9. The van der Waals surface area contributed by atoms with Crippen molar-refractivity contribution in [3.63, 3.8) is 0 Å². The lowest BCUT2D eigenvalue weighted by Gasteiger charge is -2.26. The van der Waals surface area contributed by atoms with Gasteiger partial charge >= 0.3 is 0 Å². The highest BCUT2D eigenvalue weighted by atomic mass is 79.9. The fraction of sp³-hybridized carbons (Fsp3) is 0.316. The molecule has 1 fully saturated rings. The summed E-state index contributed by atoms with van der Waals surface area (Å²) in [5.41, 5.74) is 0.900. The van der Waals surface area contributed by atoms with Gasteiger partial charge in [-0.3, -0.25) is 4.79 Å². The highest BCUT2D eigenvalue weighted by Crippen LogP contribution is 2.30. The fourth-order valence-corrected chi connectivity index (χ4v) is 4.95. The van der Waals surface area contributed by atoms with Gasteiger partial charge in [0.25, 0.3) is 5.91 Å². The van der Waals surface area contributed by atoms with Gasteiger partial charge in [-0.25, -0.2) is 8.42 Å². The van der Waals surface area contributed by atoms with Crippen LogP contribution in [-0.2, 0) is 10.0 Å². The van der Waals surface area contributed by atoms with E-state index < -0.39 is 10.0 Å². The summed E-state index contributed by atoms with van der Waals surface area (Å²) in [7, 11) is -2.12. The van der Waals surface area contributed by atoms with Crippen molar-refractivity contribution < 1.29 is 17.9 Å². The first-order valence-electron chi connectivity index (χ1n) is 8.67. The molecule has 0 unspecified atom stereocenters. The van der Waals surface area contributed by atoms with Crippen molar-refractivity contribution in [2.45, 2.75) is 24.2 Å². The van der Waals surface area contributed by atoms with Crippen molar-refractivity contribution in [2.75, 3.05) is 25.5 Å². The quantitative estimate of drug-likeness (QED) is 0.746. The van der Waals surface area contributed by atoms with E-state index >= 15 is 0 Å². The molecule has 0 bridgehead atoms. The minimum absolute atomic E-state index is 0.168. The summed E-state index contributed by atoms with van der Waals surface area (Å²) in [6, 6.07) is 11.5. The number of rotatable bonds is 5. The molecule has 3 rings (SSSR count). The Kier molecular flexibility index (Phi) is 6.18. The molecule has 1 heterocycles. The Morgan fingerprint density at radius 2 is 1.85 bits per heavy atom. The molecule has 1 N–H and O–H groups in total. The van der Waals surface area contributed by atoms with Crippen LogP contribution in [0.3, 0.4) is 0 Å². The zero-order valence-corrected chi connectivity index (χ0v) is 17.3. The molecule has 1 saturated heterocycles. The Morgan fingerprint density at radius 3 is 2.52 bits per heavy atom. The van der Waals surface area contributed by atoms with Gasteiger partial charge in [0.05, 0.1) is 17.7 Å². The molecule has 8 heteroatoms. The Bertz CT molecular complexity index is 940. The summed E-state index contributed by atoms with van der Waals surface area (Å²) in [6.07, 6.45) is 2.80. The molecule has 1 aliphatic heterocycles. The standard InChI is InChI=1S/C19H21BrN2O4S/c1-26-18-13-16(27(24,25)22-10-3-2-4-11-22)8-9-17(18)21-19(23)14-6-5-7-15(20)12-14/h5-9,12-13H,2-4,10-11H2,1H3,(H,21,23). The Balaban J connectivity index is 1.85. The molecule has 0 saturated carbocycles. The lowest BCUT2D eigenvalue weighted by Crippen LogP contribution is -2.35. The van der Waals surface area contributed by atoms with E-state index in [0.717, 1.165) is 23.7 Å². The third-order valence-electron chi connectivity index (χ3n) is 4.46. The number of carbonyl (C=O) groups excluding carboxylic acids is 1. The molecule has 1 aliphatic rings. The summed E-state index contributed by atoms with van der Waals surface area (Å²) < 4.78 is 33.3. The van der Waals surface area contributed by atoms with Crippen LogP contribution in [0.15, 0.2) is 51.8 Å². The van der Waals surface area contributed by atoms with Gasteiger partial charge < -0.3 is 10.1 Å². The minimum atomic E-state index is -3.56. The second-order valence-electron chi connectivity index (χ2n) is 6.29. The maximum absolute atomic E-state index is 12.8. The number of carbonyl (C=O) groups is 1. The number of nitrogens with one attached hydrogen (secondary N) is 1. The molecule has 0 radical (unpaired) electrons. The molecule has 27 heavy (non-hydrogen) atoms. The number of benzene rings is 2. The second-order valence-corrected chi connectivity index (χ2v) is 9.14. The lowest BCUT2D eigenvalue weighted by molar-refractivity contribution is 0.102. The summed E-state index contributed by atoms with van der Waals surface area (Å²) in [5, 5.41) is 2.77. The topological polar surface area (TPSA) is 75.7 Å². The van der Waals surface area contributed by atoms with Crippen LogP contribution in [0.4, 0.5) is 5.69 Å². The van der Waals surface area contributed by atoms with Crippen molar-refractivity contribution in [3.8, 4) is 5.75 Å². The molecule has 0 atom stereocenters. The van der Waals surface area contributed by atoms with Gasteiger partial charge in [0.15, 0.2) is 0 Å². The third kappa shape index (κ3) is 4.51. The van der Waals surface area contributed by atoms with E-state index in [1.54, 1.807) is 24.3 Å². The molecular formula is C19H21BrN2O4S. The van der Waals surface area contributed by atoms with E-state index in [2.05, 4.69) is 21.2 Å². The maximum atomic E-state index is 12.8. The van der Waals surface area contributed by atoms with Crippen LogP contribution in [0, 0.1) is 0 Å². The van der Waals surface area contributed by atoms with E-state index in [1.165, 1.54) is 23.5 Å².